The second kappa shape index (κ2) is 10.2. The van der Waals surface area contributed by atoms with Crippen LogP contribution in [0.3, 0.4) is 0 Å². The van der Waals surface area contributed by atoms with E-state index in [1.807, 2.05) is 32.0 Å². The lowest BCUT2D eigenvalue weighted by Crippen LogP contribution is -2.36. The number of fused-ring (bicyclic) bond motifs is 1. The van der Waals surface area contributed by atoms with E-state index >= 15 is 0 Å². The van der Waals surface area contributed by atoms with Gasteiger partial charge in [0, 0.05) is 12.3 Å². The van der Waals surface area contributed by atoms with E-state index in [-0.39, 0.29) is 17.4 Å². The zero-order valence-corrected chi connectivity index (χ0v) is 19.4. The van der Waals surface area contributed by atoms with Crippen LogP contribution in [0.15, 0.2) is 52.4 Å². The van der Waals surface area contributed by atoms with Gasteiger partial charge >= 0.3 is 6.03 Å². The molecule has 0 spiro atoms. The smallest absolute Gasteiger partial charge is 0.325 e. The van der Waals surface area contributed by atoms with Gasteiger partial charge in [-0.3, -0.25) is 19.5 Å². The molecule has 0 saturated carbocycles. The third-order valence-corrected chi connectivity index (χ3v) is 6.43. The lowest BCUT2D eigenvalue weighted by Gasteiger charge is -2.16. The summed E-state index contributed by atoms with van der Waals surface area (Å²) in [6, 6.07) is 12.2. The number of rotatable bonds is 6. The van der Waals surface area contributed by atoms with Gasteiger partial charge in [0.25, 0.3) is 5.56 Å². The van der Waals surface area contributed by atoms with Crippen molar-refractivity contribution in [3.8, 4) is 0 Å². The Kier molecular flexibility index (Phi) is 7.10. The van der Waals surface area contributed by atoms with Crippen LogP contribution in [0.5, 0.6) is 0 Å². The SMILES string of the molecule is Cc1ccc(NC(=O)NC(=O)CSc2nc3ccccc3c(=O)n2CC2CCCO2)c(C)c1. The van der Waals surface area contributed by atoms with Crippen molar-refractivity contribution < 1.29 is 14.3 Å². The summed E-state index contributed by atoms with van der Waals surface area (Å²) in [6.45, 7) is 4.92. The number of carbonyl (C=O) groups excluding carboxylic acids is 2. The summed E-state index contributed by atoms with van der Waals surface area (Å²) >= 11 is 1.13. The van der Waals surface area contributed by atoms with Crippen LogP contribution in [0.25, 0.3) is 10.9 Å². The average Bonchev–Trinajstić information content (AvgIpc) is 3.30. The third kappa shape index (κ3) is 5.61. The average molecular weight is 467 g/mol. The summed E-state index contributed by atoms with van der Waals surface area (Å²) in [4.78, 5) is 42.4. The molecule has 3 amide bonds. The Morgan fingerprint density at radius 2 is 2.03 bits per heavy atom. The predicted octanol–water partition coefficient (Wildman–Crippen LogP) is 3.63. The summed E-state index contributed by atoms with van der Waals surface area (Å²) < 4.78 is 7.28. The Balaban J connectivity index is 1.45. The van der Waals surface area contributed by atoms with Crippen LogP contribution in [-0.2, 0) is 16.1 Å². The van der Waals surface area contributed by atoms with Gasteiger partial charge in [-0.1, -0.05) is 41.6 Å². The fraction of sp³-hybridized carbons (Fsp3) is 0.333. The number of aromatic nitrogens is 2. The Labute approximate surface area is 195 Å². The van der Waals surface area contributed by atoms with Gasteiger partial charge in [0.1, 0.15) is 0 Å². The van der Waals surface area contributed by atoms with Gasteiger partial charge < -0.3 is 10.1 Å². The van der Waals surface area contributed by atoms with E-state index in [0.717, 1.165) is 35.7 Å². The van der Waals surface area contributed by atoms with Crippen LogP contribution >= 0.6 is 11.8 Å². The molecule has 1 aliphatic rings. The summed E-state index contributed by atoms with van der Waals surface area (Å²) in [6.07, 6.45) is 1.78. The van der Waals surface area contributed by atoms with E-state index < -0.39 is 11.9 Å². The van der Waals surface area contributed by atoms with Crippen LogP contribution < -0.4 is 16.2 Å². The second-order valence-electron chi connectivity index (χ2n) is 8.07. The predicted molar refractivity (Wildman–Crippen MR) is 129 cm³/mol. The molecule has 1 saturated heterocycles. The lowest BCUT2D eigenvalue weighted by atomic mass is 10.1. The monoisotopic (exact) mass is 466 g/mol. The number of hydrogen-bond acceptors (Lipinski definition) is 6. The van der Waals surface area contributed by atoms with Crippen molar-refractivity contribution >= 4 is 40.3 Å². The van der Waals surface area contributed by atoms with Gasteiger partial charge in [-0.15, -0.1) is 0 Å². The first kappa shape index (κ1) is 23.0. The quantitative estimate of drug-likeness (QED) is 0.425. The van der Waals surface area contributed by atoms with E-state index in [2.05, 4.69) is 15.6 Å². The number of ether oxygens (including phenoxy) is 1. The maximum atomic E-state index is 13.1. The van der Waals surface area contributed by atoms with Crippen LogP contribution in [-0.4, -0.2) is 40.0 Å². The Hall–Kier alpha value is -3.17. The Morgan fingerprint density at radius 1 is 1.21 bits per heavy atom. The number of amides is 3. The maximum Gasteiger partial charge on any atom is 0.325 e. The number of aryl methyl sites for hydroxylation is 2. The van der Waals surface area contributed by atoms with E-state index in [0.29, 0.717) is 34.9 Å². The molecule has 3 aromatic rings. The highest BCUT2D eigenvalue weighted by Gasteiger charge is 2.21. The number of hydrogen-bond donors (Lipinski definition) is 2. The fourth-order valence-electron chi connectivity index (χ4n) is 3.81. The standard InChI is InChI=1S/C24H26N4O4S/c1-15-9-10-19(16(2)12-15)25-23(31)27-21(29)14-33-24-26-20-8-4-3-7-18(20)22(30)28(24)13-17-6-5-11-32-17/h3-4,7-10,12,17H,5-6,11,13-14H2,1-2H3,(H2,25,27,29,31). The molecular weight excluding hydrogens is 440 g/mol. The fourth-order valence-corrected chi connectivity index (χ4v) is 4.62. The van der Waals surface area contributed by atoms with E-state index in [4.69, 9.17) is 4.74 Å². The molecule has 2 N–H and O–H groups in total. The molecule has 1 atom stereocenters. The van der Waals surface area contributed by atoms with E-state index in [1.165, 1.54) is 0 Å². The Bertz CT molecular complexity index is 1250. The Morgan fingerprint density at radius 3 is 2.79 bits per heavy atom. The molecule has 172 valence electrons. The maximum absolute atomic E-state index is 13.1. The molecule has 1 fully saturated rings. The van der Waals surface area contributed by atoms with Crippen molar-refractivity contribution in [1.29, 1.82) is 0 Å². The van der Waals surface area contributed by atoms with Gasteiger partial charge in [-0.25, -0.2) is 9.78 Å². The summed E-state index contributed by atoms with van der Waals surface area (Å²) in [5.74, 6) is -0.537. The van der Waals surface area contributed by atoms with E-state index in [1.54, 1.807) is 28.8 Å². The molecule has 33 heavy (non-hydrogen) atoms. The number of para-hydroxylation sites is 1. The molecule has 8 nitrogen and oxygen atoms in total. The number of imide groups is 1. The van der Waals surface area contributed by atoms with Crippen molar-refractivity contribution in [1.82, 2.24) is 14.9 Å². The molecule has 1 unspecified atom stereocenters. The zero-order chi connectivity index (χ0) is 23.4. The van der Waals surface area contributed by atoms with Crippen LogP contribution in [0.1, 0.15) is 24.0 Å². The first-order valence-electron chi connectivity index (χ1n) is 10.8. The number of thioether (sulfide) groups is 1. The highest BCUT2D eigenvalue weighted by atomic mass is 32.2. The molecule has 0 aliphatic carbocycles. The molecule has 9 heteroatoms. The normalized spacial score (nSPS) is 15.5. The van der Waals surface area contributed by atoms with E-state index in [9.17, 15) is 14.4 Å². The molecule has 1 aromatic heterocycles. The van der Waals surface area contributed by atoms with Crippen LogP contribution in [0.2, 0.25) is 0 Å². The van der Waals surface area contributed by atoms with Gasteiger partial charge in [0.2, 0.25) is 5.91 Å². The first-order valence-corrected chi connectivity index (χ1v) is 11.8. The van der Waals surface area contributed by atoms with Gasteiger partial charge in [0.05, 0.1) is 29.3 Å². The van der Waals surface area contributed by atoms with Gasteiger partial charge in [-0.05, 0) is 50.5 Å². The minimum Gasteiger partial charge on any atom is -0.376 e. The summed E-state index contributed by atoms with van der Waals surface area (Å²) in [7, 11) is 0. The number of urea groups is 1. The van der Waals surface area contributed by atoms with Crippen molar-refractivity contribution in [3.05, 3.63) is 63.9 Å². The largest absolute Gasteiger partial charge is 0.376 e. The third-order valence-electron chi connectivity index (χ3n) is 5.45. The molecule has 0 radical (unpaired) electrons. The molecule has 4 rings (SSSR count). The van der Waals surface area contributed by atoms with Crippen molar-refractivity contribution in [3.63, 3.8) is 0 Å². The number of benzene rings is 2. The minimum atomic E-state index is -0.601. The van der Waals surface area contributed by atoms with Crippen molar-refractivity contribution in [2.75, 3.05) is 17.7 Å². The molecule has 2 heterocycles. The topological polar surface area (TPSA) is 102 Å². The summed E-state index contributed by atoms with van der Waals surface area (Å²) in [5.41, 5.74) is 3.04. The van der Waals surface area contributed by atoms with Gasteiger partial charge in [0.15, 0.2) is 5.16 Å². The number of carbonyl (C=O) groups is 2. The van der Waals surface area contributed by atoms with Crippen LogP contribution in [0, 0.1) is 13.8 Å². The number of nitrogens with zero attached hydrogens (tertiary/aromatic N) is 2. The molecular formula is C24H26N4O4S. The van der Waals surface area contributed by atoms with Gasteiger partial charge in [-0.2, -0.15) is 0 Å². The molecule has 1 aliphatic heterocycles. The molecule has 2 aromatic carbocycles. The molecule has 0 bridgehead atoms. The second-order valence-corrected chi connectivity index (χ2v) is 9.01. The first-order chi connectivity index (χ1) is 15.9. The summed E-state index contributed by atoms with van der Waals surface area (Å²) in [5, 5.41) is 5.98. The van der Waals surface area contributed by atoms with Crippen molar-refractivity contribution in [2.24, 2.45) is 0 Å². The highest BCUT2D eigenvalue weighted by molar-refractivity contribution is 7.99. The van der Waals surface area contributed by atoms with Crippen molar-refractivity contribution in [2.45, 2.75) is 44.5 Å². The lowest BCUT2D eigenvalue weighted by molar-refractivity contribution is -0.117. The van der Waals surface area contributed by atoms with Crippen LogP contribution in [0.4, 0.5) is 10.5 Å². The highest BCUT2D eigenvalue weighted by Crippen LogP contribution is 2.21. The number of nitrogens with one attached hydrogen (secondary N) is 2. The number of anilines is 1. The zero-order valence-electron chi connectivity index (χ0n) is 18.6. The minimum absolute atomic E-state index is 0.0534.